The van der Waals surface area contributed by atoms with Crippen molar-refractivity contribution in [3.05, 3.63) is 52.6 Å². The van der Waals surface area contributed by atoms with Crippen molar-refractivity contribution in [3.8, 4) is 10.6 Å². The van der Waals surface area contributed by atoms with E-state index in [4.69, 9.17) is 4.52 Å². The predicted molar refractivity (Wildman–Crippen MR) is 131 cm³/mol. The van der Waals surface area contributed by atoms with Crippen LogP contribution in [0.5, 0.6) is 0 Å². The van der Waals surface area contributed by atoms with Gasteiger partial charge in [0.05, 0.1) is 12.9 Å². The Morgan fingerprint density at radius 1 is 1.23 bits per heavy atom. The second kappa shape index (κ2) is 11.0. The standard InChI is InChI=1S/C22H20F3N9O4S/c1-11-4-13(5-26-18(11)22(23,24)25)20-31-15(9-39-20)30-16(36)7-34-10-28-19(14(34)8-35)33(3)21(37)27-6-17-29-12(2)32-38-17/h4-5,8-10H,6-7H2,1-3H3,(H,27,37)(H,30,36). The molecule has 39 heavy (non-hydrogen) atoms. The number of aryl methyl sites for hydroxylation is 2. The Morgan fingerprint density at radius 3 is 2.64 bits per heavy atom. The minimum absolute atomic E-state index is 0.0122. The van der Waals surface area contributed by atoms with Gasteiger partial charge in [-0.2, -0.15) is 18.2 Å². The van der Waals surface area contributed by atoms with Crippen LogP contribution in [0.25, 0.3) is 10.6 Å². The monoisotopic (exact) mass is 563 g/mol. The molecule has 4 aromatic rings. The summed E-state index contributed by atoms with van der Waals surface area (Å²) in [5.41, 5.74) is -0.695. The van der Waals surface area contributed by atoms with Gasteiger partial charge in [0.1, 0.15) is 28.8 Å². The van der Waals surface area contributed by atoms with Gasteiger partial charge in [0, 0.05) is 24.2 Å². The topological polar surface area (TPSA) is 161 Å². The lowest BCUT2D eigenvalue weighted by Gasteiger charge is -2.15. The molecule has 0 saturated heterocycles. The van der Waals surface area contributed by atoms with E-state index >= 15 is 0 Å². The summed E-state index contributed by atoms with van der Waals surface area (Å²) in [7, 11) is 1.39. The van der Waals surface area contributed by atoms with Crippen molar-refractivity contribution in [1.82, 2.24) is 35.0 Å². The summed E-state index contributed by atoms with van der Waals surface area (Å²) in [5, 5.41) is 10.6. The molecule has 0 bridgehead atoms. The van der Waals surface area contributed by atoms with E-state index < -0.39 is 23.8 Å². The Morgan fingerprint density at radius 2 is 2.00 bits per heavy atom. The normalized spacial score (nSPS) is 11.3. The first kappa shape index (κ1) is 27.4. The maximum absolute atomic E-state index is 13.0. The van der Waals surface area contributed by atoms with E-state index in [2.05, 4.69) is 35.7 Å². The maximum atomic E-state index is 13.0. The lowest BCUT2D eigenvalue weighted by molar-refractivity contribution is -0.141. The van der Waals surface area contributed by atoms with Crippen LogP contribution in [0.2, 0.25) is 0 Å². The molecule has 2 N–H and O–H groups in total. The summed E-state index contributed by atoms with van der Waals surface area (Å²) < 4.78 is 45.1. The van der Waals surface area contributed by atoms with Crippen LogP contribution < -0.4 is 15.5 Å². The van der Waals surface area contributed by atoms with Crippen molar-refractivity contribution in [3.63, 3.8) is 0 Å². The first-order chi connectivity index (χ1) is 18.5. The number of nitrogens with one attached hydrogen (secondary N) is 2. The molecule has 0 unspecified atom stereocenters. The average Bonchev–Trinajstić information content (AvgIpc) is 3.61. The first-order valence-electron chi connectivity index (χ1n) is 11.1. The number of imidazole rings is 1. The largest absolute Gasteiger partial charge is 0.433 e. The number of thiazole rings is 1. The predicted octanol–water partition coefficient (Wildman–Crippen LogP) is 3.22. The third-order valence-electron chi connectivity index (χ3n) is 5.23. The van der Waals surface area contributed by atoms with E-state index in [-0.39, 0.29) is 41.9 Å². The van der Waals surface area contributed by atoms with Gasteiger partial charge in [-0.25, -0.2) is 14.8 Å². The second-order valence-corrected chi connectivity index (χ2v) is 8.98. The number of halogens is 3. The molecule has 0 aliphatic heterocycles. The van der Waals surface area contributed by atoms with Gasteiger partial charge < -0.3 is 19.7 Å². The van der Waals surface area contributed by atoms with Crippen molar-refractivity contribution < 1.29 is 32.1 Å². The molecule has 4 rings (SSSR count). The number of aromatic nitrogens is 6. The number of anilines is 2. The number of pyridine rings is 1. The molecule has 3 amide bonds. The summed E-state index contributed by atoms with van der Waals surface area (Å²) >= 11 is 1.11. The number of aldehydes is 1. The number of alkyl halides is 3. The van der Waals surface area contributed by atoms with E-state index in [1.54, 1.807) is 6.92 Å². The Labute approximate surface area is 222 Å². The molecule has 0 aliphatic carbocycles. The summed E-state index contributed by atoms with van der Waals surface area (Å²) in [6.07, 6.45) is -1.81. The average molecular weight is 564 g/mol. The van der Waals surface area contributed by atoms with Crippen LogP contribution >= 0.6 is 11.3 Å². The minimum atomic E-state index is -4.56. The number of carbonyl (C=O) groups excluding carboxylic acids is 3. The van der Waals surface area contributed by atoms with Crippen LogP contribution in [-0.4, -0.2) is 54.9 Å². The Balaban J connectivity index is 1.39. The molecule has 0 spiro atoms. The molecule has 4 aromatic heterocycles. The molecule has 0 radical (unpaired) electrons. The Bertz CT molecular complexity index is 1530. The highest BCUT2D eigenvalue weighted by Gasteiger charge is 2.34. The molecule has 0 aliphatic rings. The number of rotatable bonds is 8. The number of amides is 3. The van der Waals surface area contributed by atoms with Gasteiger partial charge in [-0.3, -0.25) is 19.5 Å². The molecule has 0 fully saturated rings. The molecule has 0 atom stereocenters. The molecular weight excluding hydrogens is 543 g/mol. The highest BCUT2D eigenvalue weighted by atomic mass is 32.1. The van der Waals surface area contributed by atoms with E-state index in [1.807, 2.05) is 0 Å². The molecule has 4 heterocycles. The van der Waals surface area contributed by atoms with Gasteiger partial charge in [-0.15, -0.1) is 11.3 Å². The highest BCUT2D eigenvalue weighted by Crippen LogP contribution is 2.33. The number of nitrogens with zero attached hydrogens (tertiary/aromatic N) is 7. The van der Waals surface area contributed by atoms with E-state index in [9.17, 15) is 27.6 Å². The van der Waals surface area contributed by atoms with Gasteiger partial charge in [-0.1, -0.05) is 5.16 Å². The molecule has 17 heteroatoms. The molecule has 0 aromatic carbocycles. The van der Waals surface area contributed by atoms with Gasteiger partial charge in [-0.05, 0) is 25.5 Å². The van der Waals surface area contributed by atoms with Gasteiger partial charge in [0.2, 0.25) is 11.8 Å². The number of urea groups is 1. The third-order valence-corrected chi connectivity index (χ3v) is 6.12. The lowest BCUT2D eigenvalue weighted by Crippen LogP contribution is -2.37. The van der Waals surface area contributed by atoms with Crippen LogP contribution in [0, 0.1) is 13.8 Å². The van der Waals surface area contributed by atoms with Crippen molar-refractivity contribution in [1.29, 1.82) is 0 Å². The number of carbonyl (C=O) groups is 3. The van der Waals surface area contributed by atoms with Crippen LogP contribution in [-0.2, 0) is 24.1 Å². The molecule has 0 saturated carbocycles. The Hall–Kier alpha value is -4.67. The van der Waals surface area contributed by atoms with Crippen LogP contribution in [0.15, 0.2) is 28.5 Å². The summed E-state index contributed by atoms with van der Waals surface area (Å²) in [6.45, 7) is 2.56. The van der Waals surface area contributed by atoms with Crippen molar-refractivity contribution in [2.45, 2.75) is 33.1 Å². The van der Waals surface area contributed by atoms with Crippen molar-refractivity contribution >= 4 is 41.2 Å². The Kier molecular flexibility index (Phi) is 7.70. The molecule has 204 valence electrons. The van der Waals surface area contributed by atoms with E-state index in [1.165, 1.54) is 36.3 Å². The molecular formula is C22H20F3N9O4S. The summed E-state index contributed by atoms with van der Waals surface area (Å²) in [6, 6.07) is 0.714. The van der Waals surface area contributed by atoms with Gasteiger partial charge in [0.15, 0.2) is 17.9 Å². The maximum Gasteiger partial charge on any atom is 0.433 e. The highest BCUT2D eigenvalue weighted by molar-refractivity contribution is 7.13. The quantitative estimate of drug-likeness (QED) is 0.307. The fourth-order valence-electron chi connectivity index (χ4n) is 3.45. The SMILES string of the molecule is Cc1noc(CNC(=O)N(C)c2ncn(CC(=O)Nc3csc(-c4cnc(C(F)(F)F)c(C)c4)n3)c2C=O)n1. The smallest absolute Gasteiger partial charge is 0.337 e. The third kappa shape index (κ3) is 6.25. The summed E-state index contributed by atoms with van der Waals surface area (Å²) in [4.78, 5) is 53.7. The zero-order chi connectivity index (χ0) is 28.3. The van der Waals surface area contributed by atoms with Crippen LogP contribution in [0.3, 0.4) is 0 Å². The van der Waals surface area contributed by atoms with Crippen molar-refractivity contribution in [2.24, 2.45) is 0 Å². The van der Waals surface area contributed by atoms with Crippen LogP contribution in [0.1, 0.15) is 33.5 Å². The van der Waals surface area contributed by atoms with E-state index in [0.717, 1.165) is 22.4 Å². The summed E-state index contributed by atoms with van der Waals surface area (Å²) in [5.74, 6) is 0.228. The fourth-order valence-corrected chi connectivity index (χ4v) is 4.19. The van der Waals surface area contributed by atoms with E-state index in [0.29, 0.717) is 22.7 Å². The second-order valence-electron chi connectivity index (χ2n) is 8.13. The minimum Gasteiger partial charge on any atom is -0.337 e. The molecule has 13 nitrogen and oxygen atoms in total. The lowest BCUT2D eigenvalue weighted by atomic mass is 10.1. The first-order valence-corrected chi connectivity index (χ1v) is 11.9. The van der Waals surface area contributed by atoms with Crippen molar-refractivity contribution in [2.75, 3.05) is 17.3 Å². The van der Waals surface area contributed by atoms with Crippen LogP contribution in [0.4, 0.5) is 29.6 Å². The number of hydrogen-bond donors (Lipinski definition) is 2. The zero-order valence-electron chi connectivity index (χ0n) is 20.6. The van der Waals surface area contributed by atoms with Gasteiger partial charge >= 0.3 is 12.2 Å². The zero-order valence-corrected chi connectivity index (χ0v) is 21.4. The fraction of sp³-hybridized carbons (Fsp3) is 0.273. The van der Waals surface area contributed by atoms with Gasteiger partial charge in [0.25, 0.3) is 0 Å². The number of hydrogen-bond acceptors (Lipinski definition) is 10.